The van der Waals surface area contributed by atoms with Gasteiger partial charge in [0.05, 0.1) is 0 Å². The molecule has 1 saturated carbocycles. The maximum absolute atomic E-state index is 11.2. The minimum Gasteiger partial charge on any atom is -0.484 e. The second-order valence-electron chi connectivity index (χ2n) is 5.71. The summed E-state index contributed by atoms with van der Waals surface area (Å²) in [6, 6.07) is 7.80. The maximum atomic E-state index is 11.2. The first-order valence-electron chi connectivity index (χ1n) is 7.95. The number of hydrogen-bond acceptors (Lipinski definition) is 3. The zero-order valence-electron chi connectivity index (χ0n) is 12.9. The molecule has 4 heteroatoms. The van der Waals surface area contributed by atoms with Crippen molar-refractivity contribution >= 4 is 11.6 Å². The van der Waals surface area contributed by atoms with E-state index in [9.17, 15) is 4.79 Å². The highest BCUT2D eigenvalue weighted by atomic mass is 16.5. The van der Waals surface area contributed by atoms with Crippen molar-refractivity contribution in [2.75, 3.05) is 25.5 Å². The minimum atomic E-state index is -0.120. The molecule has 1 amide bonds. The smallest absolute Gasteiger partial charge is 0.257 e. The summed E-state index contributed by atoms with van der Waals surface area (Å²) >= 11 is 0. The number of likely N-dealkylation sites (N-methyl/N-ethyl adjacent to an activating group) is 1. The van der Waals surface area contributed by atoms with Crippen molar-refractivity contribution in [3.05, 3.63) is 24.3 Å². The lowest BCUT2D eigenvalue weighted by Gasteiger charge is -2.21. The van der Waals surface area contributed by atoms with Gasteiger partial charge in [-0.15, -0.1) is 0 Å². The Morgan fingerprint density at radius 2 is 2.10 bits per heavy atom. The second-order valence-corrected chi connectivity index (χ2v) is 5.71. The average molecular weight is 290 g/mol. The molecular weight excluding hydrogens is 264 g/mol. The predicted molar refractivity (Wildman–Crippen MR) is 85.7 cm³/mol. The van der Waals surface area contributed by atoms with Gasteiger partial charge in [0.1, 0.15) is 5.75 Å². The lowest BCUT2D eigenvalue weighted by molar-refractivity contribution is -0.122. The largest absolute Gasteiger partial charge is 0.484 e. The molecule has 1 aliphatic rings. The molecule has 21 heavy (non-hydrogen) atoms. The monoisotopic (exact) mass is 290 g/mol. The Balaban J connectivity index is 1.73. The number of nitrogens with one attached hydrogen (secondary N) is 2. The summed E-state index contributed by atoms with van der Waals surface area (Å²) in [7, 11) is 1.61. The summed E-state index contributed by atoms with van der Waals surface area (Å²) in [5.74, 6) is 1.49. The van der Waals surface area contributed by atoms with E-state index in [1.165, 1.54) is 38.5 Å². The molecule has 1 aliphatic carbocycles. The molecule has 116 valence electrons. The minimum absolute atomic E-state index is 0.0576. The van der Waals surface area contributed by atoms with Crippen LogP contribution in [-0.2, 0) is 4.79 Å². The van der Waals surface area contributed by atoms with Gasteiger partial charge in [-0.1, -0.05) is 38.2 Å². The Bertz CT molecular complexity index is 442. The molecule has 0 bridgehead atoms. The van der Waals surface area contributed by atoms with Crippen molar-refractivity contribution in [2.24, 2.45) is 5.92 Å². The van der Waals surface area contributed by atoms with E-state index >= 15 is 0 Å². The molecule has 0 heterocycles. The number of amides is 1. The van der Waals surface area contributed by atoms with Crippen LogP contribution in [0.15, 0.2) is 24.3 Å². The molecule has 0 atom stereocenters. The molecule has 0 spiro atoms. The standard InChI is InChI=1S/C17H26N2O2/c1-18-17(20)13-21-16-9-5-8-15(12-16)19-11-10-14-6-3-2-4-7-14/h5,8-9,12,14,19H,2-4,6-7,10-11,13H2,1H3,(H,18,20). The summed E-state index contributed by atoms with van der Waals surface area (Å²) < 4.78 is 5.44. The SMILES string of the molecule is CNC(=O)COc1cccc(NCCC2CCCCC2)c1. The number of anilines is 1. The zero-order chi connectivity index (χ0) is 14.9. The van der Waals surface area contributed by atoms with Gasteiger partial charge in [0.25, 0.3) is 5.91 Å². The third kappa shape index (κ3) is 5.66. The first kappa shape index (κ1) is 15.7. The van der Waals surface area contributed by atoms with Crippen LogP contribution < -0.4 is 15.4 Å². The molecule has 0 radical (unpaired) electrons. The van der Waals surface area contributed by atoms with Gasteiger partial charge >= 0.3 is 0 Å². The van der Waals surface area contributed by atoms with Gasteiger partial charge in [0, 0.05) is 25.3 Å². The molecule has 2 rings (SSSR count). The Hall–Kier alpha value is -1.71. The van der Waals surface area contributed by atoms with E-state index < -0.39 is 0 Å². The second kappa shape index (κ2) is 8.55. The van der Waals surface area contributed by atoms with Gasteiger partial charge in [0.15, 0.2) is 6.61 Å². The Morgan fingerprint density at radius 3 is 2.86 bits per heavy atom. The Morgan fingerprint density at radius 1 is 1.29 bits per heavy atom. The van der Waals surface area contributed by atoms with E-state index in [-0.39, 0.29) is 12.5 Å². The van der Waals surface area contributed by atoms with Crippen molar-refractivity contribution in [3.63, 3.8) is 0 Å². The number of rotatable bonds is 7. The van der Waals surface area contributed by atoms with Gasteiger partial charge in [-0.3, -0.25) is 4.79 Å². The molecule has 2 N–H and O–H groups in total. The molecule has 1 aromatic carbocycles. The molecule has 0 saturated heterocycles. The van der Waals surface area contributed by atoms with Gasteiger partial charge in [-0.25, -0.2) is 0 Å². The summed E-state index contributed by atoms with van der Waals surface area (Å²) in [5.41, 5.74) is 1.06. The lowest BCUT2D eigenvalue weighted by Crippen LogP contribution is -2.24. The molecule has 1 aromatic rings. The lowest BCUT2D eigenvalue weighted by atomic mass is 9.87. The Kier molecular flexibility index (Phi) is 6.38. The topological polar surface area (TPSA) is 50.4 Å². The quantitative estimate of drug-likeness (QED) is 0.811. The van der Waals surface area contributed by atoms with Crippen molar-refractivity contribution in [1.29, 1.82) is 0 Å². The normalized spacial score (nSPS) is 15.5. The Labute approximate surface area is 127 Å². The van der Waals surface area contributed by atoms with E-state index in [2.05, 4.69) is 10.6 Å². The number of ether oxygens (including phenoxy) is 1. The van der Waals surface area contributed by atoms with Crippen LogP contribution in [-0.4, -0.2) is 26.1 Å². The van der Waals surface area contributed by atoms with E-state index in [0.717, 1.165) is 23.9 Å². The van der Waals surface area contributed by atoms with Gasteiger partial charge in [0.2, 0.25) is 0 Å². The highest BCUT2D eigenvalue weighted by Crippen LogP contribution is 2.26. The molecule has 0 aromatic heterocycles. The molecule has 0 unspecified atom stereocenters. The average Bonchev–Trinajstić information content (AvgIpc) is 2.54. The first-order chi connectivity index (χ1) is 10.3. The van der Waals surface area contributed by atoms with Crippen LogP contribution >= 0.6 is 0 Å². The van der Waals surface area contributed by atoms with Crippen LogP contribution in [0, 0.1) is 5.92 Å². The molecule has 1 fully saturated rings. The highest BCUT2D eigenvalue weighted by molar-refractivity contribution is 5.77. The molecule has 4 nitrogen and oxygen atoms in total. The molecular formula is C17H26N2O2. The fourth-order valence-corrected chi connectivity index (χ4v) is 2.81. The number of benzene rings is 1. The third-order valence-corrected chi connectivity index (χ3v) is 4.09. The van der Waals surface area contributed by atoms with Crippen LogP contribution in [0.2, 0.25) is 0 Å². The fraction of sp³-hybridized carbons (Fsp3) is 0.588. The van der Waals surface area contributed by atoms with Crippen molar-refractivity contribution in [1.82, 2.24) is 5.32 Å². The third-order valence-electron chi connectivity index (χ3n) is 4.09. The van der Waals surface area contributed by atoms with Crippen LogP contribution in [0.4, 0.5) is 5.69 Å². The maximum Gasteiger partial charge on any atom is 0.257 e. The van der Waals surface area contributed by atoms with E-state index in [1.807, 2.05) is 24.3 Å². The summed E-state index contributed by atoms with van der Waals surface area (Å²) in [6.07, 6.45) is 8.22. The fourth-order valence-electron chi connectivity index (χ4n) is 2.81. The first-order valence-corrected chi connectivity index (χ1v) is 7.95. The summed E-state index contributed by atoms with van der Waals surface area (Å²) in [6.45, 7) is 1.06. The van der Waals surface area contributed by atoms with Crippen molar-refractivity contribution < 1.29 is 9.53 Å². The van der Waals surface area contributed by atoms with E-state index in [4.69, 9.17) is 4.74 Å². The molecule has 0 aliphatic heterocycles. The van der Waals surface area contributed by atoms with Gasteiger partial charge < -0.3 is 15.4 Å². The number of carbonyl (C=O) groups is 1. The van der Waals surface area contributed by atoms with Gasteiger partial charge in [-0.2, -0.15) is 0 Å². The van der Waals surface area contributed by atoms with Crippen molar-refractivity contribution in [2.45, 2.75) is 38.5 Å². The summed E-state index contributed by atoms with van der Waals surface area (Å²) in [5, 5.41) is 5.99. The predicted octanol–water partition coefficient (Wildman–Crippen LogP) is 3.19. The van der Waals surface area contributed by atoms with Gasteiger partial charge in [-0.05, 0) is 24.5 Å². The van der Waals surface area contributed by atoms with E-state index in [0.29, 0.717) is 0 Å². The van der Waals surface area contributed by atoms with Crippen LogP contribution in [0.3, 0.4) is 0 Å². The number of hydrogen-bond donors (Lipinski definition) is 2. The highest BCUT2D eigenvalue weighted by Gasteiger charge is 2.12. The zero-order valence-corrected chi connectivity index (χ0v) is 12.9. The van der Waals surface area contributed by atoms with E-state index in [1.54, 1.807) is 7.05 Å². The summed E-state index contributed by atoms with van der Waals surface area (Å²) in [4.78, 5) is 11.2. The van der Waals surface area contributed by atoms with Crippen LogP contribution in [0.25, 0.3) is 0 Å². The van der Waals surface area contributed by atoms with Crippen LogP contribution in [0.1, 0.15) is 38.5 Å². The van der Waals surface area contributed by atoms with Crippen LogP contribution in [0.5, 0.6) is 5.75 Å². The van der Waals surface area contributed by atoms with Crippen molar-refractivity contribution in [3.8, 4) is 5.75 Å². The number of carbonyl (C=O) groups excluding carboxylic acids is 1.